The van der Waals surface area contributed by atoms with Crippen LogP contribution in [0.5, 0.6) is 0 Å². The van der Waals surface area contributed by atoms with Crippen molar-refractivity contribution in [2.75, 3.05) is 0 Å². The first-order chi connectivity index (χ1) is 19.3. The fourth-order valence-electron chi connectivity index (χ4n) is 5.44. The molecule has 0 saturated heterocycles. The molecule has 0 aliphatic heterocycles. The van der Waals surface area contributed by atoms with Crippen LogP contribution in [0.2, 0.25) is 0 Å². The number of hydrogen-bond donors (Lipinski definition) is 0. The van der Waals surface area contributed by atoms with E-state index in [0.717, 1.165) is 54.8 Å². The number of nitrogens with zero attached hydrogens (tertiary/aromatic N) is 3. The van der Waals surface area contributed by atoms with E-state index in [2.05, 4.69) is 72.8 Å². The Morgan fingerprint density at radius 1 is 0.410 bits per heavy atom. The van der Waals surface area contributed by atoms with Crippen LogP contribution in [0.15, 0.2) is 132 Å². The number of furan rings is 1. The molecule has 0 unspecified atom stereocenters. The molecule has 0 aliphatic rings. The van der Waals surface area contributed by atoms with E-state index in [1.54, 1.807) is 0 Å². The zero-order valence-corrected chi connectivity index (χ0v) is 20.9. The Kier molecular flexibility index (Phi) is 4.79. The maximum atomic E-state index is 6.33. The molecular formula is C35H21N3O. The Morgan fingerprint density at radius 3 is 1.90 bits per heavy atom. The number of benzene rings is 6. The van der Waals surface area contributed by atoms with Gasteiger partial charge in [0.2, 0.25) is 0 Å². The van der Waals surface area contributed by atoms with Gasteiger partial charge in [-0.25, -0.2) is 15.0 Å². The van der Waals surface area contributed by atoms with Crippen LogP contribution in [0.3, 0.4) is 0 Å². The van der Waals surface area contributed by atoms with Crippen LogP contribution >= 0.6 is 0 Å². The van der Waals surface area contributed by atoms with Crippen LogP contribution in [-0.2, 0) is 0 Å². The van der Waals surface area contributed by atoms with E-state index in [1.807, 2.05) is 54.6 Å². The second-order valence-corrected chi connectivity index (χ2v) is 9.68. The first kappa shape index (κ1) is 21.7. The number of fused-ring (bicyclic) bond motifs is 5. The minimum Gasteiger partial charge on any atom is -0.456 e. The molecule has 2 aromatic heterocycles. The van der Waals surface area contributed by atoms with E-state index in [-0.39, 0.29) is 0 Å². The van der Waals surface area contributed by atoms with Gasteiger partial charge in [0, 0.05) is 27.5 Å². The smallest absolute Gasteiger partial charge is 0.165 e. The Labute approximate surface area is 224 Å². The van der Waals surface area contributed by atoms with Gasteiger partial charge in [-0.15, -0.1) is 0 Å². The molecule has 0 bridgehead atoms. The van der Waals surface area contributed by atoms with E-state index in [9.17, 15) is 0 Å². The standard InChI is InChI=1S/C35H21N3O/c1-2-11-23(12-3-1)33-36-34(26-19-18-22-10-4-5-13-24(22)20-26)38-35(37-33)32-27-15-7-6-14-25(27)21-30-31(32)28-16-8-9-17-29(28)39-30/h1-21H. The largest absolute Gasteiger partial charge is 0.456 e. The fourth-order valence-corrected chi connectivity index (χ4v) is 5.44. The third kappa shape index (κ3) is 3.57. The molecule has 4 nitrogen and oxygen atoms in total. The normalized spacial score (nSPS) is 11.6. The molecule has 8 aromatic rings. The minimum absolute atomic E-state index is 0.625. The summed E-state index contributed by atoms with van der Waals surface area (Å²) in [6, 6.07) is 43.4. The van der Waals surface area contributed by atoms with Crippen molar-refractivity contribution in [2.45, 2.75) is 0 Å². The van der Waals surface area contributed by atoms with Gasteiger partial charge in [0.05, 0.1) is 0 Å². The third-order valence-electron chi connectivity index (χ3n) is 7.29. The summed E-state index contributed by atoms with van der Waals surface area (Å²) in [4.78, 5) is 15.2. The SMILES string of the molecule is c1ccc(-c2nc(-c3ccc4ccccc4c3)nc(-c3c4ccccc4cc4oc5ccccc5c34)n2)cc1. The van der Waals surface area contributed by atoms with Gasteiger partial charge >= 0.3 is 0 Å². The number of aromatic nitrogens is 3. The fraction of sp³-hybridized carbons (Fsp3) is 0. The van der Waals surface area contributed by atoms with E-state index >= 15 is 0 Å². The topological polar surface area (TPSA) is 51.8 Å². The van der Waals surface area contributed by atoms with Crippen LogP contribution in [-0.4, -0.2) is 15.0 Å². The molecule has 39 heavy (non-hydrogen) atoms. The zero-order chi connectivity index (χ0) is 25.8. The molecule has 0 spiro atoms. The van der Waals surface area contributed by atoms with Gasteiger partial charge in [-0.1, -0.05) is 109 Å². The third-order valence-corrected chi connectivity index (χ3v) is 7.29. The van der Waals surface area contributed by atoms with Gasteiger partial charge in [-0.2, -0.15) is 0 Å². The van der Waals surface area contributed by atoms with E-state index in [4.69, 9.17) is 19.4 Å². The average Bonchev–Trinajstić information content (AvgIpc) is 3.38. The van der Waals surface area contributed by atoms with Crippen molar-refractivity contribution in [2.24, 2.45) is 0 Å². The molecule has 0 amide bonds. The molecule has 0 fully saturated rings. The molecular weight excluding hydrogens is 478 g/mol. The van der Waals surface area contributed by atoms with Gasteiger partial charge in [0.25, 0.3) is 0 Å². The number of hydrogen-bond acceptors (Lipinski definition) is 4. The summed E-state index contributed by atoms with van der Waals surface area (Å²) < 4.78 is 6.33. The highest BCUT2D eigenvalue weighted by Crippen LogP contribution is 2.41. The molecule has 0 N–H and O–H groups in total. The molecule has 0 atom stereocenters. The first-order valence-corrected chi connectivity index (χ1v) is 13.0. The van der Waals surface area contributed by atoms with Crippen LogP contribution in [0.1, 0.15) is 0 Å². The summed E-state index contributed by atoms with van der Waals surface area (Å²) in [6.45, 7) is 0. The molecule has 0 radical (unpaired) electrons. The maximum Gasteiger partial charge on any atom is 0.165 e. The van der Waals surface area contributed by atoms with Crippen molar-refractivity contribution in [1.82, 2.24) is 15.0 Å². The van der Waals surface area contributed by atoms with Crippen molar-refractivity contribution < 1.29 is 4.42 Å². The lowest BCUT2D eigenvalue weighted by molar-refractivity contribution is 0.669. The molecule has 0 saturated carbocycles. The van der Waals surface area contributed by atoms with Gasteiger partial charge < -0.3 is 4.42 Å². The molecule has 4 heteroatoms. The van der Waals surface area contributed by atoms with Crippen molar-refractivity contribution >= 4 is 43.5 Å². The predicted octanol–water partition coefficient (Wildman–Crippen LogP) is 9.08. The average molecular weight is 500 g/mol. The van der Waals surface area contributed by atoms with Gasteiger partial charge in [-0.3, -0.25) is 0 Å². The van der Waals surface area contributed by atoms with Crippen LogP contribution in [0.4, 0.5) is 0 Å². The van der Waals surface area contributed by atoms with E-state index in [0.29, 0.717) is 17.5 Å². The van der Waals surface area contributed by atoms with Crippen molar-refractivity contribution in [3.05, 3.63) is 127 Å². The Bertz CT molecular complexity index is 2180. The lowest BCUT2D eigenvalue weighted by Crippen LogP contribution is -2.01. The summed E-state index contributed by atoms with van der Waals surface area (Å²) in [5, 5.41) is 6.53. The minimum atomic E-state index is 0.625. The molecule has 8 rings (SSSR count). The first-order valence-electron chi connectivity index (χ1n) is 13.0. The van der Waals surface area contributed by atoms with Crippen LogP contribution in [0, 0.1) is 0 Å². The maximum absolute atomic E-state index is 6.33. The predicted molar refractivity (Wildman–Crippen MR) is 158 cm³/mol. The van der Waals surface area contributed by atoms with E-state index < -0.39 is 0 Å². The molecule has 0 aliphatic carbocycles. The Balaban J connectivity index is 1.48. The quantitative estimate of drug-likeness (QED) is 0.243. The Morgan fingerprint density at radius 2 is 1.05 bits per heavy atom. The summed E-state index contributed by atoms with van der Waals surface area (Å²) >= 11 is 0. The highest BCUT2D eigenvalue weighted by molar-refractivity contribution is 6.20. The lowest BCUT2D eigenvalue weighted by Gasteiger charge is -2.12. The van der Waals surface area contributed by atoms with Gasteiger partial charge in [-0.05, 0) is 39.7 Å². The van der Waals surface area contributed by atoms with Crippen LogP contribution < -0.4 is 0 Å². The van der Waals surface area contributed by atoms with Crippen molar-refractivity contribution in [3.8, 4) is 34.2 Å². The Hall–Kier alpha value is -5.35. The molecule has 2 heterocycles. The second kappa shape index (κ2) is 8.61. The monoisotopic (exact) mass is 499 g/mol. The van der Waals surface area contributed by atoms with Gasteiger partial charge in [0.1, 0.15) is 11.2 Å². The zero-order valence-electron chi connectivity index (χ0n) is 20.9. The second-order valence-electron chi connectivity index (χ2n) is 9.68. The van der Waals surface area contributed by atoms with E-state index in [1.165, 1.54) is 5.39 Å². The summed E-state index contributed by atoms with van der Waals surface area (Å²) in [5.41, 5.74) is 4.50. The number of para-hydroxylation sites is 1. The molecule has 182 valence electrons. The highest BCUT2D eigenvalue weighted by Gasteiger charge is 2.20. The highest BCUT2D eigenvalue weighted by atomic mass is 16.3. The summed E-state index contributed by atoms with van der Waals surface area (Å²) in [6.07, 6.45) is 0. The lowest BCUT2D eigenvalue weighted by atomic mass is 9.97. The van der Waals surface area contributed by atoms with Gasteiger partial charge in [0.15, 0.2) is 17.5 Å². The van der Waals surface area contributed by atoms with Crippen molar-refractivity contribution in [3.63, 3.8) is 0 Å². The van der Waals surface area contributed by atoms with Crippen LogP contribution in [0.25, 0.3) is 77.6 Å². The summed E-state index contributed by atoms with van der Waals surface area (Å²) in [5.74, 6) is 1.90. The number of rotatable bonds is 3. The summed E-state index contributed by atoms with van der Waals surface area (Å²) in [7, 11) is 0. The molecule has 6 aromatic carbocycles. The van der Waals surface area contributed by atoms with Crippen molar-refractivity contribution in [1.29, 1.82) is 0 Å².